The molecule has 1 unspecified atom stereocenters. The molecule has 2 aromatic heterocycles. The Morgan fingerprint density at radius 1 is 1.39 bits per heavy atom. The highest BCUT2D eigenvalue weighted by Crippen LogP contribution is 2.29. The molecule has 0 N–H and O–H groups in total. The van der Waals surface area contributed by atoms with Crippen LogP contribution in [0.4, 0.5) is 13.2 Å². The Kier molecular flexibility index (Phi) is 3.97. The molecule has 0 amide bonds. The number of hydrogen-bond donors (Lipinski definition) is 0. The summed E-state index contributed by atoms with van der Waals surface area (Å²) in [6.07, 6.45) is -3.12. The average Bonchev–Trinajstić information content (AvgIpc) is 3.12. The second-order valence-electron chi connectivity index (χ2n) is 5.36. The van der Waals surface area contributed by atoms with Crippen LogP contribution in [0.1, 0.15) is 41.9 Å². The molecule has 0 aromatic carbocycles. The number of rotatable bonds is 3. The minimum absolute atomic E-state index is 0.0565. The van der Waals surface area contributed by atoms with Gasteiger partial charge in [0.25, 0.3) is 11.4 Å². The van der Waals surface area contributed by atoms with E-state index in [4.69, 9.17) is 9.26 Å². The first-order valence-corrected chi connectivity index (χ1v) is 7.07. The van der Waals surface area contributed by atoms with E-state index >= 15 is 0 Å². The van der Waals surface area contributed by atoms with Crippen molar-refractivity contribution in [3.05, 3.63) is 45.5 Å². The number of aryl methyl sites for hydroxylation is 1. The van der Waals surface area contributed by atoms with Crippen LogP contribution in [0.15, 0.2) is 21.5 Å². The molecule has 1 atom stereocenters. The molecule has 0 spiro atoms. The summed E-state index contributed by atoms with van der Waals surface area (Å²) >= 11 is 0. The van der Waals surface area contributed by atoms with Crippen LogP contribution in [-0.4, -0.2) is 21.3 Å². The predicted octanol–water partition coefficient (Wildman–Crippen LogP) is 2.46. The quantitative estimate of drug-likeness (QED) is 0.865. The molecule has 2 aromatic rings. The number of alkyl halides is 3. The maximum atomic E-state index is 12.7. The average molecular weight is 329 g/mol. The fourth-order valence-corrected chi connectivity index (χ4v) is 2.47. The lowest BCUT2D eigenvalue weighted by atomic mass is 10.2. The Labute approximate surface area is 128 Å². The normalized spacial score (nSPS) is 18.5. The van der Waals surface area contributed by atoms with E-state index in [-0.39, 0.29) is 24.2 Å². The zero-order valence-electron chi connectivity index (χ0n) is 12.3. The second-order valence-corrected chi connectivity index (χ2v) is 5.36. The molecular formula is C14H14F3N3O3. The van der Waals surface area contributed by atoms with Gasteiger partial charge in [-0.15, -0.1) is 0 Å². The monoisotopic (exact) mass is 329 g/mol. The topological polar surface area (TPSA) is 70.2 Å². The number of halogens is 3. The van der Waals surface area contributed by atoms with Crippen LogP contribution in [-0.2, 0) is 17.5 Å². The zero-order valence-corrected chi connectivity index (χ0v) is 12.3. The molecule has 3 rings (SSSR count). The van der Waals surface area contributed by atoms with Crippen molar-refractivity contribution >= 4 is 0 Å². The SMILES string of the molecule is Cc1cc(C(F)(F)F)cc(=O)n1Cc1noc(C2CCCO2)n1. The van der Waals surface area contributed by atoms with Crippen molar-refractivity contribution in [1.82, 2.24) is 14.7 Å². The van der Waals surface area contributed by atoms with Gasteiger partial charge in [0.2, 0.25) is 0 Å². The fraction of sp³-hybridized carbons (Fsp3) is 0.500. The minimum atomic E-state index is -4.55. The molecule has 0 radical (unpaired) electrons. The number of hydrogen-bond acceptors (Lipinski definition) is 5. The van der Waals surface area contributed by atoms with Crippen molar-refractivity contribution in [3.8, 4) is 0 Å². The van der Waals surface area contributed by atoms with Gasteiger partial charge in [-0.05, 0) is 25.8 Å². The third kappa shape index (κ3) is 3.29. The molecule has 1 fully saturated rings. The van der Waals surface area contributed by atoms with E-state index in [0.717, 1.165) is 18.9 Å². The molecule has 1 aliphatic rings. The summed E-state index contributed by atoms with van der Waals surface area (Å²) in [5.74, 6) is 0.551. The van der Waals surface area contributed by atoms with Crippen molar-refractivity contribution in [2.24, 2.45) is 0 Å². The van der Waals surface area contributed by atoms with Gasteiger partial charge in [0.05, 0.1) is 12.1 Å². The Bertz CT molecular complexity index is 761. The van der Waals surface area contributed by atoms with E-state index in [2.05, 4.69) is 10.1 Å². The summed E-state index contributed by atoms with van der Waals surface area (Å²) in [6, 6.07) is 1.48. The van der Waals surface area contributed by atoms with E-state index < -0.39 is 17.3 Å². The summed E-state index contributed by atoms with van der Waals surface area (Å²) in [5.41, 5.74) is -1.56. The van der Waals surface area contributed by atoms with Crippen LogP contribution in [0.2, 0.25) is 0 Å². The van der Waals surface area contributed by atoms with Crippen LogP contribution in [0.25, 0.3) is 0 Å². The van der Waals surface area contributed by atoms with E-state index in [1.165, 1.54) is 11.5 Å². The van der Waals surface area contributed by atoms with E-state index in [1.54, 1.807) is 0 Å². The van der Waals surface area contributed by atoms with Crippen molar-refractivity contribution in [2.75, 3.05) is 6.61 Å². The Morgan fingerprint density at radius 2 is 2.17 bits per heavy atom. The van der Waals surface area contributed by atoms with Crippen molar-refractivity contribution < 1.29 is 22.4 Å². The molecule has 0 bridgehead atoms. The first kappa shape index (κ1) is 15.7. The number of nitrogens with zero attached hydrogens (tertiary/aromatic N) is 3. The Morgan fingerprint density at radius 3 is 2.78 bits per heavy atom. The standard InChI is InChI=1S/C14H14F3N3O3/c1-8-5-9(14(15,16)17)6-12(21)20(8)7-11-18-13(23-19-11)10-3-2-4-22-10/h5-6,10H,2-4,7H2,1H3. The van der Waals surface area contributed by atoms with Crippen LogP contribution >= 0.6 is 0 Å². The summed E-state index contributed by atoms with van der Waals surface area (Å²) in [5, 5.41) is 3.76. The minimum Gasteiger partial charge on any atom is -0.368 e. The summed E-state index contributed by atoms with van der Waals surface area (Å²) in [7, 11) is 0. The van der Waals surface area contributed by atoms with Crippen LogP contribution in [0, 0.1) is 6.92 Å². The number of aromatic nitrogens is 3. The van der Waals surface area contributed by atoms with Gasteiger partial charge in [-0.2, -0.15) is 18.2 Å². The van der Waals surface area contributed by atoms with Gasteiger partial charge in [-0.25, -0.2) is 0 Å². The predicted molar refractivity (Wildman–Crippen MR) is 71.8 cm³/mol. The summed E-state index contributed by atoms with van der Waals surface area (Å²) in [6.45, 7) is 2.00. The highest BCUT2D eigenvalue weighted by molar-refractivity contribution is 5.20. The first-order valence-electron chi connectivity index (χ1n) is 7.07. The Hall–Kier alpha value is -2.16. The first-order chi connectivity index (χ1) is 10.8. The molecule has 1 aliphatic heterocycles. The second kappa shape index (κ2) is 5.80. The lowest BCUT2D eigenvalue weighted by molar-refractivity contribution is -0.137. The highest BCUT2D eigenvalue weighted by atomic mass is 19.4. The molecule has 3 heterocycles. The Balaban J connectivity index is 1.84. The summed E-state index contributed by atoms with van der Waals surface area (Å²) in [4.78, 5) is 16.1. The van der Waals surface area contributed by atoms with Gasteiger partial charge in [-0.3, -0.25) is 4.79 Å². The molecule has 0 saturated carbocycles. The van der Waals surface area contributed by atoms with Gasteiger partial charge in [0, 0.05) is 18.4 Å². The maximum Gasteiger partial charge on any atom is 0.416 e. The van der Waals surface area contributed by atoms with Gasteiger partial charge >= 0.3 is 6.18 Å². The van der Waals surface area contributed by atoms with Crippen molar-refractivity contribution in [2.45, 2.75) is 38.6 Å². The van der Waals surface area contributed by atoms with Gasteiger partial charge < -0.3 is 13.8 Å². The molecule has 1 saturated heterocycles. The van der Waals surface area contributed by atoms with E-state index in [1.807, 2.05) is 0 Å². The lowest BCUT2D eigenvalue weighted by Crippen LogP contribution is -2.25. The third-order valence-corrected chi connectivity index (χ3v) is 3.65. The lowest BCUT2D eigenvalue weighted by Gasteiger charge is -2.11. The highest BCUT2D eigenvalue weighted by Gasteiger charge is 2.31. The molecule has 6 nitrogen and oxygen atoms in total. The summed E-state index contributed by atoms with van der Waals surface area (Å²) < 4.78 is 49.7. The van der Waals surface area contributed by atoms with Crippen molar-refractivity contribution in [1.29, 1.82) is 0 Å². The van der Waals surface area contributed by atoms with Crippen LogP contribution in [0.5, 0.6) is 0 Å². The van der Waals surface area contributed by atoms with Crippen LogP contribution < -0.4 is 5.56 Å². The number of ether oxygens (including phenoxy) is 1. The molecule has 9 heteroatoms. The number of pyridine rings is 1. The molecule has 23 heavy (non-hydrogen) atoms. The smallest absolute Gasteiger partial charge is 0.368 e. The zero-order chi connectivity index (χ0) is 16.6. The maximum absolute atomic E-state index is 12.7. The third-order valence-electron chi connectivity index (χ3n) is 3.65. The van der Waals surface area contributed by atoms with E-state index in [0.29, 0.717) is 18.6 Å². The van der Waals surface area contributed by atoms with Crippen LogP contribution in [0.3, 0.4) is 0 Å². The molecular weight excluding hydrogens is 315 g/mol. The fourth-order valence-electron chi connectivity index (χ4n) is 2.47. The molecule has 124 valence electrons. The van der Waals surface area contributed by atoms with Gasteiger partial charge in [-0.1, -0.05) is 5.16 Å². The van der Waals surface area contributed by atoms with Crippen molar-refractivity contribution in [3.63, 3.8) is 0 Å². The van der Waals surface area contributed by atoms with Gasteiger partial charge in [0.15, 0.2) is 5.82 Å². The molecule has 0 aliphatic carbocycles. The van der Waals surface area contributed by atoms with E-state index in [9.17, 15) is 18.0 Å². The largest absolute Gasteiger partial charge is 0.416 e. The van der Waals surface area contributed by atoms with Gasteiger partial charge in [0.1, 0.15) is 6.10 Å².